The van der Waals surface area contributed by atoms with Crippen LogP contribution in [0.1, 0.15) is 18.1 Å². The molecule has 7 heteroatoms. The first kappa shape index (κ1) is 21.4. The summed E-state index contributed by atoms with van der Waals surface area (Å²) in [4.78, 5) is 15.3. The molecule has 1 aliphatic heterocycles. The maximum absolute atomic E-state index is 13.6. The van der Waals surface area contributed by atoms with Crippen molar-refractivity contribution in [2.45, 2.75) is 31.2 Å². The Morgan fingerprint density at radius 1 is 1.06 bits per heavy atom. The van der Waals surface area contributed by atoms with E-state index in [0.29, 0.717) is 16.3 Å². The molecule has 0 N–H and O–H groups in total. The second-order valence-corrected chi connectivity index (χ2v) is 10.00. The summed E-state index contributed by atoms with van der Waals surface area (Å²) in [5, 5.41) is 0.506. The quantitative estimate of drug-likeness (QED) is 0.555. The second kappa shape index (κ2) is 8.36. The monoisotopic (exact) mass is 454 g/mol. The van der Waals surface area contributed by atoms with E-state index in [0.717, 1.165) is 17.7 Å². The topological polar surface area (TPSA) is 57.7 Å². The van der Waals surface area contributed by atoms with Crippen LogP contribution < -0.4 is 9.21 Å². The van der Waals surface area contributed by atoms with Gasteiger partial charge in [-0.25, -0.2) is 8.42 Å². The van der Waals surface area contributed by atoms with Crippen molar-refractivity contribution in [1.82, 2.24) is 0 Å². The highest BCUT2D eigenvalue weighted by Gasteiger charge is 2.35. The standard InChI is InChI=1S/C24H23ClN2O3S/c1-17-14-20(25)12-13-22(17)26(31(29,30)21-9-4-3-5-10-21)16-24(28)27-18(2)15-19-8-6-7-11-23(19)27/h3-14,18H,15-16H2,1-2H3. The summed E-state index contributed by atoms with van der Waals surface area (Å²) in [7, 11) is -3.97. The summed E-state index contributed by atoms with van der Waals surface area (Å²) in [6.45, 7) is 3.45. The fraction of sp³-hybridized carbons (Fsp3) is 0.208. The number of nitrogens with zero attached hydrogens (tertiary/aromatic N) is 2. The molecule has 4 rings (SSSR count). The third-order valence-electron chi connectivity index (χ3n) is 5.51. The van der Waals surface area contributed by atoms with Crippen molar-refractivity contribution in [2.24, 2.45) is 0 Å². The number of amides is 1. The molecule has 0 radical (unpaired) electrons. The van der Waals surface area contributed by atoms with Crippen molar-refractivity contribution in [1.29, 1.82) is 0 Å². The number of rotatable bonds is 5. The van der Waals surface area contributed by atoms with Gasteiger partial charge in [0.15, 0.2) is 0 Å². The van der Waals surface area contributed by atoms with Crippen LogP contribution in [0, 0.1) is 6.92 Å². The number of halogens is 1. The van der Waals surface area contributed by atoms with E-state index in [9.17, 15) is 13.2 Å². The lowest BCUT2D eigenvalue weighted by atomic mass is 10.1. The summed E-state index contributed by atoms with van der Waals surface area (Å²) in [5.41, 5.74) is 3.03. The molecular formula is C24H23ClN2O3S. The van der Waals surface area contributed by atoms with Gasteiger partial charge in [0.2, 0.25) is 5.91 Å². The number of aryl methyl sites for hydroxylation is 1. The van der Waals surface area contributed by atoms with E-state index < -0.39 is 10.0 Å². The van der Waals surface area contributed by atoms with E-state index in [-0.39, 0.29) is 23.4 Å². The summed E-state index contributed by atoms with van der Waals surface area (Å²) in [6.07, 6.45) is 0.743. The average molecular weight is 455 g/mol. The molecule has 3 aromatic carbocycles. The molecule has 0 saturated heterocycles. The first-order chi connectivity index (χ1) is 14.8. The number of sulfonamides is 1. The molecule has 160 valence electrons. The molecule has 0 fully saturated rings. The highest BCUT2D eigenvalue weighted by atomic mass is 35.5. The van der Waals surface area contributed by atoms with Crippen molar-refractivity contribution in [3.63, 3.8) is 0 Å². The van der Waals surface area contributed by atoms with Gasteiger partial charge in [0.05, 0.1) is 10.6 Å². The number of carbonyl (C=O) groups is 1. The minimum atomic E-state index is -3.97. The van der Waals surface area contributed by atoms with Crippen molar-refractivity contribution in [3.8, 4) is 0 Å². The van der Waals surface area contributed by atoms with Gasteiger partial charge in [-0.2, -0.15) is 0 Å². The highest BCUT2D eigenvalue weighted by molar-refractivity contribution is 7.92. The first-order valence-corrected chi connectivity index (χ1v) is 11.8. The Morgan fingerprint density at radius 2 is 1.74 bits per heavy atom. The van der Waals surface area contributed by atoms with Crippen molar-refractivity contribution in [2.75, 3.05) is 15.7 Å². The van der Waals surface area contributed by atoms with Crippen LogP contribution >= 0.6 is 11.6 Å². The van der Waals surface area contributed by atoms with Gasteiger partial charge in [0, 0.05) is 16.8 Å². The van der Waals surface area contributed by atoms with Crippen LogP contribution in [0.5, 0.6) is 0 Å². The number of carbonyl (C=O) groups excluding carboxylic acids is 1. The van der Waals surface area contributed by atoms with E-state index in [4.69, 9.17) is 11.6 Å². The number of benzene rings is 3. The Labute approximate surface area is 187 Å². The Bertz CT molecular complexity index is 1230. The van der Waals surface area contributed by atoms with E-state index in [1.54, 1.807) is 48.2 Å². The number of hydrogen-bond donors (Lipinski definition) is 0. The minimum absolute atomic E-state index is 0.0440. The third kappa shape index (κ3) is 4.05. The molecule has 31 heavy (non-hydrogen) atoms. The highest BCUT2D eigenvalue weighted by Crippen LogP contribution is 2.34. The Balaban J connectivity index is 1.76. The van der Waals surface area contributed by atoms with Crippen LogP contribution in [0.25, 0.3) is 0 Å². The zero-order chi connectivity index (χ0) is 22.2. The molecule has 1 atom stereocenters. The number of fused-ring (bicyclic) bond motifs is 1. The van der Waals surface area contributed by atoms with Crippen molar-refractivity contribution >= 4 is 38.9 Å². The maximum atomic E-state index is 13.6. The number of hydrogen-bond acceptors (Lipinski definition) is 3. The third-order valence-corrected chi connectivity index (χ3v) is 7.52. The summed E-state index contributed by atoms with van der Waals surface area (Å²) >= 11 is 6.09. The van der Waals surface area contributed by atoms with Crippen LogP contribution in [-0.4, -0.2) is 26.9 Å². The normalized spacial score (nSPS) is 15.6. The lowest BCUT2D eigenvalue weighted by Gasteiger charge is -2.29. The molecule has 0 bridgehead atoms. The molecule has 0 aliphatic carbocycles. The molecule has 1 heterocycles. The van der Waals surface area contributed by atoms with Crippen molar-refractivity contribution in [3.05, 3.63) is 88.9 Å². The predicted molar refractivity (Wildman–Crippen MR) is 124 cm³/mol. The van der Waals surface area contributed by atoms with Crippen LogP contribution in [0.2, 0.25) is 5.02 Å². The summed E-state index contributed by atoms with van der Waals surface area (Å²) in [5.74, 6) is -0.272. The molecule has 1 unspecified atom stereocenters. The Morgan fingerprint density at radius 3 is 2.45 bits per heavy atom. The van der Waals surface area contributed by atoms with Crippen LogP contribution in [0.3, 0.4) is 0 Å². The lowest BCUT2D eigenvalue weighted by molar-refractivity contribution is -0.117. The summed E-state index contributed by atoms with van der Waals surface area (Å²) < 4.78 is 28.3. The van der Waals surface area contributed by atoms with Gasteiger partial charge in [-0.05, 0) is 67.8 Å². The summed E-state index contributed by atoms with van der Waals surface area (Å²) in [6, 6.07) is 20.8. The SMILES string of the molecule is Cc1cc(Cl)ccc1N(CC(=O)N1c2ccccc2CC1C)S(=O)(=O)c1ccccc1. The van der Waals surface area contributed by atoms with Gasteiger partial charge in [-0.1, -0.05) is 48.0 Å². The van der Waals surface area contributed by atoms with Crippen LogP contribution in [0.15, 0.2) is 77.7 Å². The molecule has 0 aromatic heterocycles. The minimum Gasteiger partial charge on any atom is -0.307 e. The number of anilines is 2. The Hall–Kier alpha value is -2.83. The molecule has 5 nitrogen and oxygen atoms in total. The second-order valence-electron chi connectivity index (χ2n) is 7.70. The van der Waals surface area contributed by atoms with E-state index in [1.807, 2.05) is 31.2 Å². The molecule has 0 spiro atoms. The predicted octanol–water partition coefficient (Wildman–Crippen LogP) is 4.82. The Kier molecular flexibility index (Phi) is 5.77. The van der Waals surface area contributed by atoms with E-state index in [1.165, 1.54) is 16.4 Å². The smallest absolute Gasteiger partial charge is 0.264 e. The van der Waals surface area contributed by atoms with Gasteiger partial charge >= 0.3 is 0 Å². The molecule has 3 aromatic rings. The first-order valence-electron chi connectivity index (χ1n) is 10.0. The van der Waals surface area contributed by atoms with Crippen molar-refractivity contribution < 1.29 is 13.2 Å². The van der Waals surface area contributed by atoms with Gasteiger partial charge in [0.1, 0.15) is 6.54 Å². The zero-order valence-corrected chi connectivity index (χ0v) is 18.9. The lowest BCUT2D eigenvalue weighted by Crippen LogP contribution is -2.45. The fourth-order valence-corrected chi connectivity index (χ4v) is 5.79. The number of para-hydroxylation sites is 1. The van der Waals surface area contributed by atoms with Gasteiger partial charge in [-0.15, -0.1) is 0 Å². The van der Waals surface area contributed by atoms with Gasteiger partial charge in [0.25, 0.3) is 10.0 Å². The average Bonchev–Trinajstić information content (AvgIpc) is 3.08. The van der Waals surface area contributed by atoms with Gasteiger partial charge < -0.3 is 4.90 Å². The molecule has 1 aliphatic rings. The van der Waals surface area contributed by atoms with Gasteiger partial charge in [-0.3, -0.25) is 9.10 Å². The molecule has 1 amide bonds. The molecular weight excluding hydrogens is 432 g/mol. The van der Waals surface area contributed by atoms with E-state index >= 15 is 0 Å². The molecule has 0 saturated carbocycles. The zero-order valence-electron chi connectivity index (χ0n) is 17.3. The van der Waals surface area contributed by atoms with E-state index in [2.05, 4.69) is 0 Å². The maximum Gasteiger partial charge on any atom is 0.264 e. The fourth-order valence-electron chi connectivity index (χ4n) is 4.06. The van der Waals surface area contributed by atoms with Crippen LogP contribution in [-0.2, 0) is 21.2 Å². The largest absolute Gasteiger partial charge is 0.307 e. The van der Waals surface area contributed by atoms with Crippen LogP contribution in [0.4, 0.5) is 11.4 Å².